The van der Waals surface area contributed by atoms with Crippen LogP contribution in [0.3, 0.4) is 0 Å². The number of ketones is 1. The van der Waals surface area contributed by atoms with Crippen molar-refractivity contribution in [3.05, 3.63) is 77.5 Å². The number of allylic oxidation sites excluding steroid dienone is 1. The van der Waals surface area contributed by atoms with Gasteiger partial charge < -0.3 is 15.4 Å². The van der Waals surface area contributed by atoms with E-state index in [9.17, 15) is 9.59 Å². The van der Waals surface area contributed by atoms with Crippen LogP contribution in [0.25, 0.3) is 0 Å². The molecule has 1 saturated heterocycles. The van der Waals surface area contributed by atoms with Gasteiger partial charge in [0.15, 0.2) is 0 Å². The molecule has 2 N–H and O–H groups in total. The molecule has 0 unspecified atom stereocenters. The van der Waals surface area contributed by atoms with E-state index in [1.54, 1.807) is 7.11 Å². The van der Waals surface area contributed by atoms with Crippen LogP contribution in [0.1, 0.15) is 29.5 Å². The standard InChI is InChI=1S/C21H20N2O3/c1-26-16-9-7-14(8-10-16)20-19-17(22-21(25)23-20)11-15(12-18(19)24)13-5-3-2-4-6-13/h2-11,15,19-20H,12H2,1H3,(H2,22,23,25)/t15-,19+,20+/m0/s1. The molecule has 2 aromatic carbocycles. The number of carbonyl (C=O) groups excluding carboxylic acids is 2. The lowest BCUT2D eigenvalue weighted by Gasteiger charge is -2.38. The predicted octanol–water partition coefficient (Wildman–Crippen LogP) is 3.31. The molecule has 2 aliphatic rings. The van der Waals surface area contributed by atoms with E-state index in [1.165, 1.54) is 0 Å². The van der Waals surface area contributed by atoms with E-state index < -0.39 is 0 Å². The van der Waals surface area contributed by atoms with E-state index in [4.69, 9.17) is 4.74 Å². The van der Waals surface area contributed by atoms with Gasteiger partial charge in [-0.2, -0.15) is 0 Å². The van der Waals surface area contributed by atoms with Gasteiger partial charge in [0.1, 0.15) is 11.5 Å². The lowest BCUT2D eigenvalue weighted by molar-refractivity contribution is -0.123. The number of ether oxygens (including phenoxy) is 1. The molecular formula is C21H20N2O3. The summed E-state index contributed by atoms with van der Waals surface area (Å²) in [4.78, 5) is 25.1. The van der Waals surface area contributed by atoms with Crippen molar-refractivity contribution < 1.29 is 14.3 Å². The second-order valence-corrected chi connectivity index (χ2v) is 6.64. The summed E-state index contributed by atoms with van der Waals surface area (Å²) in [6.07, 6.45) is 2.46. The smallest absolute Gasteiger partial charge is 0.319 e. The molecule has 1 aliphatic heterocycles. The van der Waals surface area contributed by atoms with Gasteiger partial charge in [0, 0.05) is 18.0 Å². The molecule has 5 nitrogen and oxygen atoms in total. The van der Waals surface area contributed by atoms with Crippen LogP contribution in [0.4, 0.5) is 4.79 Å². The van der Waals surface area contributed by atoms with Crippen LogP contribution < -0.4 is 15.4 Å². The molecule has 0 aromatic heterocycles. The molecular weight excluding hydrogens is 328 g/mol. The van der Waals surface area contributed by atoms with Crippen molar-refractivity contribution in [3.63, 3.8) is 0 Å². The third kappa shape index (κ3) is 2.96. The molecule has 132 valence electrons. The van der Waals surface area contributed by atoms with Crippen molar-refractivity contribution in [3.8, 4) is 5.75 Å². The molecule has 0 spiro atoms. The van der Waals surface area contributed by atoms with Gasteiger partial charge in [-0.25, -0.2) is 4.79 Å². The Morgan fingerprint density at radius 1 is 0.962 bits per heavy atom. The molecule has 1 heterocycles. The fourth-order valence-corrected chi connectivity index (χ4v) is 3.77. The first-order valence-electron chi connectivity index (χ1n) is 8.66. The predicted molar refractivity (Wildman–Crippen MR) is 97.8 cm³/mol. The summed E-state index contributed by atoms with van der Waals surface area (Å²) in [6.45, 7) is 0. The van der Waals surface area contributed by atoms with Gasteiger partial charge >= 0.3 is 6.03 Å². The lowest BCUT2D eigenvalue weighted by atomic mass is 9.75. The number of benzene rings is 2. The second-order valence-electron chi connectivity index (χ2n) is 6.64. The SMILES string of the molecule is COc1ccc([C@H]2NC(=O)NC3=C[C@H](c4ccccc4)CC(=O)[C@@H]32)cc1. The zero-order chi connectivity index (χ0) is 18.1. The maximum Gasteiger partial charge on any atom is 0.319 e. The summed E-state index contributed by atoms with van der Waals surface area (Å²) < 4.78 is 5.19. The van der Waals surface area contributed by atoms with Crippen LogP contribution in [0.15, 0.2) is 66.4 Å². The van der Waals surface area contributed by atoms with Crippen LogP contribution in [-0.4, -0.2) is 18.9 Å². The van der Waals surface area contributed by atoms with E-state index in [2.05, 4.69) is 10.6 Å². The number of hydrogen-bond donors (Lipinski definition) is 2. The third-order valence-electron chi connectivity index (χ3n) is 5.06. The number of hydrogen-bond acceptors (Lipinski definition) is 3. The molecule has 2 amide bonds. The Balaban J connectivity index is 1.69. The number of amides is 2. The van der Waals surface area contributed by atoms with Crippen molar-refractivity contribution in [1.29, 1.82) is 0 Å². The maximum absolute atomic E-state index is 13.0. The number of methoxy groups -OCH3 is 1. The van der Waals surface area contributed by atoms with E-state index >= 15 is 0 Å². The summed E-state index contributed by atoms with van der Waals surface area (Å²) in [5.41, 5.74) is 2.67. The normalized spacial score (nSPS) is 24.8. The summed E-state index contributed by atoms with van der Waals surface area (Å²) in [5.74, 6) is 0.472. The van der Waals surface area contributed by atoms with Gasteiger partial charge in [0.25, 0.3) is 0 Å². The first-order chi connectivity index (χ1) is 12.7. The summed E-state index contributed by atoms with van der Waals surface area (Å²) in [5, 5.41) is 5.74. The van der Waals surface area contributed by atoms with Crippen molar-refractivity contribution in [1.82, 2.24) is 10.6 Å². The summed E-state index contributed by atoms with van der Waals surface area (Å²) in [7, 11) is 1.61. The molecule has 1 aliphatic carbocycles. The Morgan fingerprint density at radius 2 is 1.69 bits per heavy atom. The summed E-state index contributed by atoms with van der Waals surface area (Å²) in [6, 6.07) is 16.7. The average molecular weight is 348 g/mol. The van der Waals surface area contributed by atoms with E-state index in [0.717, 1.165) is 16.9 Å². The summed E-state index contributed by atoms with van der Waals surface area (Å²) >= 11 is 0. The maximum atomic E-state index is 13.0. The van der Waals surface area contributed by atoms with Crippen LogP contribution in [0.5, 0.6) is 5.75 Å². The Hall–Kier alpha value is -3.08. The second kappa shape index (κ2) is 6.67. The topological polar surface area (TPSA) is 67.4 Å². The van der Waals surface area contributed by atoms with Gasteiger partial charge in [0.05, 0.1) is 19.1 Å². The van der Waals surface area contributed by atoms with Gasteiger partial charge in [-0.3, -0.25) is 4.79 Å². The fourth-order valence-electron chi connectivity index (χ4n) is 3.77. The van der Waals surface area contributed by atoms with E-state index in [-0.39, 0.29) is 29.7 Å². The highest BCUT2D eigenvalue weighted by Gasteiger charge is 2.41. The molecule has 0 radical (unpaired) electrons. The van der Waals surface area contributed by atoms with E-state index in [1.807, 2.05) is 60.7 Å². The number of urea groups is 1. The monoisotopic (exact) mass is 348 g/mol. The van der Waals surface area contributed by atoms with Crippen molar-refractivity contribution in [2.75, 3.05) is 7.11 Å². The van der Waals surface area contributed by atoms with Crippen molar-refractivity contribution in [2.24, 2.45) is 5.92 Å². The minimum Gasteiger partial charge on any atom is -0.497 e. The zero-order valence-corrected chi connectivity index (χ0v) is 14.4. The van der Waals surface area contributed by atoms with Crippen LogP contribution in [-0.2, 0) is 4.79 Å². The highest BCUT2D eigenvalue weighted by molar-refractivity contribution is 5.91. The largest absolute Gasteiger partial charge is 0.497 e. The molecule has 0 bridgehead atoms. The number of carbonyl (C=O) groups is 2. The van der Waals surface area contributed by atoms with Crippen molar-refractivity contribution in [2.45, 2.75) is 18.4 Å². The molecule has 3 atom stereocenters. The first-order valence-corrected chi connectivity index (χ1v) is 8.66. The number of nitrogens with one attached hydrogen (secondary N) is 2. The number of fused-ring (bicyclic) bond motifs is 1. The van der Waals surface area contributed by atoms with E-state index in [0.29, 0.717) is 12.1 Å². The van der Waals surface area contributed by atoms with Gasteiger partial charge in [-0.05, 0) is 23.3 Å². The Bertz CT molecular complexity index is 859. The van der Waals surface area contributed by atoms with Gasteiger partial charge in [-0.15, -0.1) is 0 Å². The fraction of sp³-hybridized carbons (Fsp3) is 0.238. The zero-order valence-electron chi connectivity index (χ0n) is 14.4. The first kappa shape index (κ1) is 16.4. The molecule has 2 aromatic rings. The molecule has 1 fully saturated rings. The van der Waals surface area contributed by atoms with Crippen LogP contribution in [0.2, 0.25) is 0 Å². The van der Waals surface area contributed by atoms with Gasteiger partial charge in [0.2, 0.25) is 0 Å². The number of Topliss-reactive ketones (excluding diaryl/α,β-unsaturated/α-hetero) is 1. The van der Waals surface area contributed by atoms with Crippen LogP contribution >= 0.6 is 0 Å². The van der Waals surface area contributed by atoms with Crippen LogP contribution in [0, 0.1) is 5.92 Å². The highest BCUT2D eigenvalue weighted by Crippen LogP contribution is 2.39. The van der Waals surface area contributed by atoms with Gasteiger partial charge in [-0.1, -0.05) is 48.5 Å². The molecule has 4 rings (SSSR count). The Labute approximate surface area is 152 Å². The number of rotatable bonds is 3. The minimum absolute atomic E-state index is 0.00938. The third-order valence-corrected chi connectivity index (χ3v) is 5.06. The Morgan fingerprint density at radius 3 is 2.38 bits per heavy atom. The quantitative estimate of drug-likeness (QED) is 0.894. The molecule has 5 heteroatoms. The molecule has 26 heavy (non-hydrogen) atoms. The Kier molecular flexibility index (Phi) is 4.21. The molecule has 0 saturated carbocycles. The van der Waals surface area contributed by atoms with Crippen molar-refractivity contribution >= 4 is 11.8 Å². The highest BCUT2D eigenvalue weighted by atomic mass is 16.5. The average Bonchev–Trinajstić information content (AvgIpc) is 2.67. The minimum atomic E-state index is -0.388. The lowest BCUT2D eigenvalue weighted by Crippen LogP contribution is -2.52.